The monoisotopic (exact) mass is 144 g/mol. The van der Waals surface area contributed by atoms with E-state index in [2.05, 4.69) is 6.92 Å². The molecule has 1 saturated heterocycles. The van der Waals surface area contributed by atoms with Crippen LogP contribution in [0.4, 0.5) is 0 Å². The van der Waals surface area contributed by atoms with Crippen LogP contribution in [-0.2, 0) is 9.47 Å². The zero-order chi connectivity index (χ0) is 7.40. The highest BCUT2D eigenvalue weighted by molar-refractivity contribution is 4.66. The summed E-state index contributed by atoms with van der Waals surface area (Å²) in [6, 6.07) is 0. The van der Waals surface area contributed by atoms with E-state index in [1.165, 1.54) is 0 Å². The maximum Gasteiger partial charge on any atom is 0.0809 e. The Hall–Kier alpha value is -0.0800. The summed E-state index contributed by atoms with van der Waals surface area (Å²) in [5, 5.41) is 0. The van der Waals surface area contributed by atoms with Gasteiger partial charge in [0.25, 0.3) is 0 Å². The van der Waals surface area contributed by atoms with Crippen LogP contribution in [0.15, 0.2) is 0 Å². The van der Waals surface area contributed by atoms with Crippen molar-refractivity contribution in [3.05, 3.63) is 0 Å². The summed E-state index contributed by atoms with van der Waals surface area (Å²) >= 11 is 0. The number of hydrogen-bond acceptors (Lipinski definition) is 2. The van der Waals surface area contributed by atoms with Gasteiger partial charge in [0.1, 0.15) is 0 Å². The fourth-order valence-electron chi connectivity index (χ4n) is 1.23. The fraction of sp³-hybridized carbons (Fsp3) is 1.00. The van der Waals surface area contributed by atoms with Crippen LogP contribution in [0.25, 0.3) is 0 Å². The van der Waals surface area contributed by atoms with Crippen molar-refractivity contribution >= 4 is 0 Å². The Bertz CT molecular complexity index is 85.3. The van der Waals surface area contributed by atoms with Gasteiger partial charge < -0.3 is 9.47 Å². The number of hydrogen-bond donors (Lipinski definition) is 0. The summed E-state index contributed by atoms with van der Waals surface area (Å²) in [5.41, 5.74) is 0. The third-order valence-corrected chi connectivity index (χ3v) is 1.86. The molecule has 0 saturated carbocycles. The third kappa shape index (κ3) is 2.27. The second-order valence-corrected chi connectivity index (χ2v) is 2.80. The lowest BCUT2D eigenvalue weighted by Gasteiger charge is -2.26. The van der Waals surface area contributed by atoms with Crippen LogP contribution in [0.3, 0.4) is 0 Å². The first-order valence-electron chi connectivity index (χ1n) is 4.06. The van der Waals surface area contributed by atoms with Gasteiger partial charge in [0.2, 0.25) is 0 Å². The minimum absolute atomic E-state index is 0.362. The van der Waals surface area contributed by atoms with Crippen molar-refractivity contribution in [3.8, 4) is 0 Å². The maximum absolute atomic E-state index is 5.42. The summed E-state index contributed by atoms with van der Waals surface area (Å²) in [4.78, 5) is 0. The van der Waals surface area contributed by atoms with E-state index in [1.807, 2.05) is 6.92 Å². The van der Waals surface area contributed by atoms with E-state index in [0.717, 1.165) is 26.1 Å². The largest absolute Gasteiger partial charge is 0.376 e. The highest BCUT2D eigenvalue weighted by atomic mass is 16.5. The van der Waals surface area contributed by atoms with Crippen LogP contribution in [0.2, 0.25) is 0 Å². The van der Waals surface area contributed by atoms with E-state index >= 15 is 0 Å². The molecule has 2 atom stereocenters. The van der Waals surface area contributed by atoms with E-state index in [9.17, 15) is 0 Å². The molecule has 1 rings (SSSR count). The lowest BCUT2D eigenvalue weighted by molar-refractivity contribution is -0.0764. The zero-order valence-electron chi connectivity index (χ0n) is 6.80. The summed E-state index contributed by atoms with van der Waals surface area (Å²) in [6.45, 7) is 5.73. The quantitative estimate of drug-likeness (QED) is 0.586. The first-order valence-corrected chi connectivity index (χ1v) is 4.06. The highest BCUT2D eigenvalue weighted by Crippen LogP contribution is 2.14. The SMILES string of the molecule is CCOC1CC[C@H](C)OC1. The van der Waals surface area contributed by atoms with Crippen molar-refractivity contribution in [2.45, 2.75) is 38.9 Å². The molecule has 0 aliphatic carbocycles. The molecule has 0 aromatic rings. The highest BCUT2D eigenvalue weighted by Gasteiger charge is 2.17. The zero-order valence-corrected chi connectivity index (χ0v) is 6.80. The fourth-order valence-corrected chi connectivity index (χ4v) is 1.23. The van der Waals surface area contributed by atoms with Gasteiger partial charge in [0.05, 0.1) is 18.8 Å². The average molecular weight is 144 g/mol. The molecular weight excluding hydrogens is 128 g/mol. The molecule has 1 unspecified atom stereocenters. The Kier molecular flexibility index (Phi) is 3.16. The molecule has 2 nitrogen and oxygen atoms in total. The van der Waals surface area contributed by atoms with Gasteiger partial charge in [-0.15, -0.1) is 0 Å². The Morgan fingerprint density at radius 1 is 1.50 bits per heavy atom. The lowest BCUT2D eigenvalue weighted by Crippen LogP contribution is -2.29. The van der Waals surface area contributed by atoms with Crippen molar-refractivity contribution in [2.24, 2.45) is 0 Å². The molecule has 1 aliphatic heterocycles. The molecule has 1 heterocycles. The van der Waals surface area contributed by atoms with Crippen LogP contribution in [0.1, 0.15) is 26.7 Å². The second-order valence-electron chi connectivity index (χ2n) is 2.80. The van der Waals surface area contributed by atoms with Crippen LogP contribution >= 0.6 is 0 Å². The van der Waals surface area contributed by atoms with Crippen molar-refractivity contribution < 1.29 is 9.47 Å². The molecule has 1 aliphatic rings. The summed E-state index contributed by atoms with van der Waals surface area (Å²) in [7, 11) is 0. The minimum Gasteiger partial charge on any atom is -0.376 e. The molecule has 0 aromatic carbocycles. The normalized spacial score (nSPS) is 34.2. The Labute approximate surface area is 62.5 Å². The molecule has 2 heteroatoms. The van der Waals surface area contributed by atoms with E-state index in [1.54, 1.807) is 0 Å². The van der Waals surface area contributed by atoms with Gasteiger partial charge in [-0.1, -0.05) is 0 Å². The molecule has 0 spiro atoms. The van der Waals surface area contributed by atoms with E-state index in [4.69, 9.17) is 9.47 Å². The number of rotatable bonds is 2. The molecule has 0 N–H and O–H groups in total. The summed E-state index contributed by atoms with van der Waals surface area (Å²) < 4.78 is 10.8. The molecule has 10 heavy (non-hydrogen) atoms. The molecule has 60 valence electrons. The maximum atomic E-state index is 5.42. The van der Waals surface area contributed by atoms with E-state index in [-0.39, 0.29) is 0 Å². The van der Waals surface area contributed by atoms with Crippen molar-refractivity contribution in [3.63, 3.8) is 0 Å². The predicted molar refractivity (Wildman–Crippen MR) is 40.1 cm³/mol. The average Bonchev–Trinajstić information content (AvgIpc) is 1.95. The molecular formula is C8H16O2. The van der Waals surface area contributed by atoms with E-state index < -0.39 is 0 Å². The topological polar surface area (TPSA) is 18.5 Å². The summed E-state index contributed by atoms with van der Waals surface area (Å²) in [5.74, 6) is 0. The van der Waals surface area contributed by atoms with Gasteiger partial charge in [-0.2, -0.15) is 0 Å². The van der Waals surface area contributed by atoms with Gasteiger partial charge in [-0.3, -0.25) is 0 Å². The Morgan fingerprint density at radius 2 is 2.30 bits per heavy atom. The molecule has 0 bridgehead atoms. The van der Waals surface area contributed by atoms with Crippen LogP contribution in [0, 0.1) is 0 Å². The molecule has 1 fully saturated rings. The van der Waals surface area contributed by atoms with Gasteiger partial charge in [-0.05, 0) is 26.7 Å². The molecule has 0 radical (unpaired) electrons. The summed E-state index contributed by atoms with van der Waals surface area (Å²) in [6.07, 6.45) is 3.11. The Morgan fingerprint density at radius 3 is 2.80 bits per heavy atom. The van der Waals surface area contributed by atoms with Gasteiger partial charge >= 0.3 is 0 Å². The molecule has 0 aromatic heterocycles. The molecule has 0 amide bonds. The first-order chi connectivity index (χ1) is 4.83. The van der Waals surface area contributed by atoms with Crippen LogP contribution in [0.5, 0.6) is 0 Å². The second kappa shape index (κ2) is 3.94. The lowest BCUT2D eigenvalue weighted by atomic mass is 10.1. The predicted octanol–water partition coefficient (Wildman–Crippen LogP) is 1.59. The minimum atomic E-state index is 0.362. The smallest absolute Gasteiger partial charge is 0.0809 e. The van der Waals surface area contributed by atoms with Gasteiger partial charge in [0, 0.05) is 6.61 Å². The van der Waals surface area contributed by atoms with Crippen molar-refractivity contribution in [2.75, 3.05) is 13.2 Å². The Balaban J connectivity index is 2.13. The van der Waals surface area contributed by atoms with Crippen LogP contribution < -0.4 is 0 Å². The van der Waals surface area contributed by atoms with Crippen molar-refractivity contribution in [1.29, 1.82) is 0 Å². The standard InChI is InChI=1S/C8H16O2/c1-3-9-8-5-4-7(2)10-6-8/h7-8H,3-6H2,1-2H3/t7-,8?/m0/s1. The van der Waals surface area contributed by atoms with Gasteiger partial charge in [-0.25, -0.2) is 0 Å². The van der Waals surface area contributed by atoms with E-state index in [0.29, 0.717) is 12.2 Å². The third-order valence-electron chi connectivity index (χ3n) is 1.86. The van der Waals surface area contributed by atoms with Gasteiger partial charge in [0.15, 0.2) is 0 Å². The van der Waals surface area contributed by atoms with Crippen LogP contribution in [-0.4, -0.2) is 25.4 Å². The van der Waals surface area contributed by atoms with Crippen molar-refractivity contribution in [1.82, 2.24) is 0 Å². The first kappa shape index (κ1) is 8.02. The number of ether oxygens (including phenoxy) is 2.